The van der Waals surface area contributed by atoms with Gasteiger partial charge in [-0.25, -0.2) is 0 Å². The van der Waals surface area contributed by atoms with E-state index in [1.165, 1.54) is 11.1 Å². The van der Waals surface area contributed by atoms with Gasteiger partial charge in [-0.3, -0.25) is 4.79 Å². The fourth-order valence-corrected chi connectivity index (χ4v) is 2.57. The number of carbonyl (C=O) groups is 1. The topological polar surface area (TPSA) is 41.1 Å². The van der Waals surface area contributed by atoms with Crippen LogP contribution in [0.1, 0.15) is 39.5 Å². The molecule has 1 unspecified atom stereocenters. The van der Waals surface area contributed by atoms with Crippen molar-refractivity contribution in [3.8, 4) is 0 Å². The predicted octanol–water partition coefficient (Wildman–Crippen LogP) is 2.12. The van der Waals surface area contributed by atoms with E-state index in [1.54, 1.807) is 0 Å². The standard InChI is InChI=1S/C14H22N2O/c1-10-5-3-6-11(2)13(10)16-14(17)12-7-4-8-15-9-12/h5,12,15H,3-4,6-9H2,1-2H3,(H,16,17). The molecule has 0 bridgehead atoms. The van der Waals surface area contributed by atoms with Gasteiger partial charge in [0.25, 0.3) is 0 Å². The highest BCUT2D eigenvalue weighted by Crippen LogP contribution is 2.23. The second-order valence-corrected chi connectivity index (χ2v) is 5.11. The Kier molecular flexibility index (Phi) is 4.00. The molecule has 3 heteroatoms. The summed E-state index contributed by atoms with van der Waals surface area (Å²) in [5, 5.41) is 6.40. The zero-order valence-corrected chi connectivity index (χ0v) is 10.8. The highest BCUT2D eigenvalue weighted by Gasteiger charge is 2.22. The molecule has 1 atom stereocenters. The molecule has 0 radical (unpaired) electrons. The van der Waals surface area contributed by atoms with Crippen LogP contribution in [-0.2, 0) is 4.79 Å². The van der Waals surface area contributed by atoms with Crippen molar-refractivity contribution in [2.24, 2.45) is 5.92 Å². The third kappa shape index (κ3) is 2.97. The molecule has 1 aliphatic carbocycles. The minimum atomic E-state index is 0.138. The summed E-state index contributed by atoms with van der Waals surface area (Å²) in [5.41, 5.74) is 3.58. The Morgan fingerprint density at radius 2 is 2.29 bits per heavy atom. The minimum absolute atomic E-state index is 0.138. The van der Waals surface area contributed by atoms with E-state index in [0.29, 0.717) is 0 Å². The number of allylic oxidation sites excluding steroid dienone is 3. The molecule has 94 valence electrons. The average Bonchev–Trinajstić information content (AvgIpc) is 2.35. The molecular formula is C14H22N2O. The Hall–Kier alpha value is -1.09. The Morgan fingerprint density at radius 1 is 1.47 bits per heavy atom. The maximum atomic E-state index is 12.1. The Bertz CT molecular complexity index is 362. The van der Waals surface area contributed by atoms with Gasteiger partial charge in [-0.2, -0.15) is 0 Å². The molecule has 0 spiro atoms. The van der Waals surface area contributed by atoms with E-state index in [9.17, 15) is 4.79 Å². The van der Waals surface area contributed by atoms with E-state index >= 15 is 0 Å². The summed E-state index contributed by atoms with van der Waals surface area (Å²) in [6, 6.07) is 0. The van der Waals surface area contributed by atoms with Crippen LogP contribution in [0.15, 0.2) is 22.9 Å². The van der Waals surface area contributed by atoms with Gasteiger partial charge >= 0.3 is 0 Å². The largest absolute Gasteiger partial charge is 0.326 e. The predicted molar refractivity (Wildman–Crippen MR) is 69.4 cm³/mol. The summed E-state index contributed by atoms with van der Waals surface area (Å²) in [4.78, 5) is 12.1. The molecular weight excluding hydrogens is 212 g/mol. The number of carbonyl (C=O) groups excluding carboxylic acids is 1. The van der Waals surface area contributed by atoms with Crippen molar-refractivity contribution in [1.82, 2.24) is 10.6 Å². The van der Waals surface area contributed by atoms with Gasteiger partial charge in [-0.15, -0.1) is 0 Å². The van der Waals surface area contributed by atoms with Crippen LogP contribution in [0, 0.1) is 5.92 Å². The molecule has 1 amide bonds. The van der Waals surface area contributed by atoms with Crippen molar-refractivity contribution in [1.29, 1.82) is 0 Å². The van der Waals surface area contributed by atoms with Gasteiger partial charge in [0, 0.05) is 12.2 Å². The summed E-state index contributed by atoms with van der Waals surface area (Å²) < 4.78 is 0. The molecule has 0 saturated carbocycles. The highest BCUT2D eigenvalue weighted by molar-refractivity contribution is 5.81. The molecule has 1 aliphatic heterocycles. The lowest BCUT2D eigenvalue weighted by Crippen LogP contribution is -2.40. The van der Waals surface area contributed by atoms with E-state index in [1.807, 2.05) is 0 Å². The van der Waals surface area contributed by atoms with E-state index in [4.69, 9.17) is 0 Å². The van der Waals surface area contributed by atoms with Gasteiger partial charge in [-0.05, 0) is 57.2 Å². The van der Waals surface area contributed by atoms with Crippen LogP contribution in [0.3, 0.4) is 0 Å². The number of nitrogens with one attached hydrogen (secondary N) is 2. The molecule has 0 aromatic rings. The lowest BCUT2D eigenvalue weighted by atomic mass is 9.95. The molecule has 2 rings (SSSR count). The zero-order valence-electron chi connectivity index (χ0n) is 10.8. The van der Waals surface area contributed by atoms with Crippen molar-refractivity contribution in [2.45, 2.75) is 39.5 Å². The van der Waals surface area contributed by atoms with Crippen molar-refractivity contribution >= 4 is 5.91 Å². The van der Waals surface area contributed by atoms with Gasteiger partial charge in [0.05, 0.1) is 5.92 Å². The van der Waals surface area contributed by atoms with E-state index in [-0.39, 0.29) is 11.8 Å². The van der Waals surface area contributed by atoms with E-state index in [0.717, 1.165) is 44.5 Å². The second-order valence-electron chi connectivity index (χ2n) is 5.11. The first kappa shape index (κ1) is 12.4. The lowest BCUT2D eigenvalue weighted by Gasteiger charge is -2.24. The van der Waals surface area contributed by atoms with Gasteiger partial charge < -0.3 is 10.6 Å². The Morgan fingerprint density at radius 3 is 2.94 bits per heavy atom. The monoisotopic (exact) mass is 234 g/mol. The van der Waals surface area contributed by atoms with E-state index < -0.39 is 0 Å². The van der Waals surface area contributed by atoms with Crippen LogP contribution in [0.25, 0.3) is 0 Å². The molecule has 1 fully saturated rings. The summed E-state index contributed by atoms with van der Waals surface area (Å²) in [5.74, 6) is 0.319. The maximum Gasteiger partial charge on any atom is 0.228 e. The summed E-state index contributed by atoms with van der Waals surface area (Å²) >= 11 is 0. The summed E-state index contributed by atoms with van der Waals surface area (Å²) in [7, 11) is 0. The first-order valence-electron chi connectivity index (χ1n) is 6.57. The van der Waals surface area contributed by atoms with Crippen LogP contribution < -0.4 is 10.6 Å². The Labute approximate surface area is 103 Å². The average molecular weight is 234 g/mol. The quantitative estimate of drug-likeness (QED) is 0.768. The third-order valence-corrected chi connectivity index (χ3v) is 3.71. The smallest absolute Gasteiger partial charge is 0.228 e. The normalized spacial score (nSPS) is 25.5. The molecule has 2 aliphatic rings. The van der Waals surface area contributed by atoms with Crippen molar-refractivity contribution in [3.63, 3.8) is 0 Å². The fourth-order valence-electron chi connectivity index (χ4n) is 2.57. The lowest BCUT2D eigenvalue weighted by molar-refractivity contribution is -0.124. The number of rotatable bonds is 2. The molecule has 2 N–H and O–H groups in total. The number of hydrogen-bond acceptors (Lipinski definition) is 2. The van der Waals surface area contributed by atoms with E-state index in [2.05, 4.69) is 30.6 Å². The van der Waals surface area contributed by atoms with Crippen LogP contribution in [0.5, 0.6) is 0 Å². The van der Waals surface area contributed by atoms with Gasteiger partial charge in [-0.1, -0.05) is 6.08 Å². The van der Waals surface area contributed by atoms with Gasteiger partial charge in [0.1, 0.15) is 0 Å². The third-order valence-electron chi connectivity index (χ3n) is 3.71. The van der Waals surface area contributed by atoms with Crippen molar-refractivity contribution in [2.75, 3.05) is 13.1 Å². The maximum absolute atomic E-state index is 12.1. The van der Waals surface area contributed by atoms with Gasteiger partial charge in [0.2, 0.25) is 5.91 Å². The molecule has 0 aromatic carbocycles. The molecule has 1 heterocycles. The highest BCUT2D eigenvalue weighted by atomic mass is 16.1. The number of piperidine rings is 1. The summed E-state index contributed by atoms with van der Waals surface area (Å²) in [6.07, 6.45) is 6.48. The van der Waals surface area contributed by atoms with Crippen LogP contribution in [-0.4, -0.2) is 19.0 Å². The number of amides is 1. The van der Waals surface area contributed by atoms with Crippen molar-refractivity contribution < 1.29 is 4.79 Å². The zero-order chi connectivity index (χ0) is 12.3. The van der Waals surface area contributed by atoms with Gasteiger partial charge in [0.15, 0.2) is 0 Å². The second kappa shape index (κ2) is 5.50. The Balaban J connectivity index is 2.00. The van der Waals surface area contributed by atoms with Crippen LogP contribution in [0.4, 0.5) is 0 Å². The first-order valence-corrected chi connectivity index (χ1v) is 6.57. The van der Waals surface area contributed by atoms with Crippen LogP contribution in [0.2, 0.25) is 0 Å². The summed E-state index contributed by atoms with van der Waals surface area (Å²) in [6.45, 7) is 6.06. The number of hydrogen-bond donors (Lipinski definition) is 2. The molecule has 0 aromatic heterocycles. The molecule has 3 nitrogen and oxygen atoms in total. The molecule has 17 heavy (non-hydrogen) atoms. The molecule has 1 saturated heterocycles. The van der Waals surface area contributed by atoms with Crippen LogP contribution >= 0.6 is 0 Å². The SMILES string of the molecule is CC1=CCCC(C)=C1NC(=O)C1CCCNC1. The van der Waals surface area contributed by atoms with Crippen molar-refractivity contribution in [3.05, 3.63) is 22.9 Å². The minimum Gasteiger partial charge on any atom is -0.326 e. The fraction of sp³-hybridized carbons (Fsp3) is 0.643. The first-order chi connectivity index (χ1) is 8.18.